The van der Waals surface area contributed by atoms with Crippen LogP contribution in [0.25, 0.3) is 0 Å². The van der Waals surface area contributed by atoms with Crippen LogP contribution in [0.4, 0.5) is 5.69 Å². The number of para-hydroxylation sites is 1. The summed E-state index contributed by atoms with van der Waals surface area (Å²) in [6.45, 7) is 0.237. The number of methoxy groups -OCH3 is 1. The molecule has 1 saturated heterocycles. The van der Waals surface area contributed by atoms with Crippen molar-refractivity contribution in [2.24, 2.45) is 5.92 Å². The fraction of sp³-hybridized carbons (Fsp3) is 0.222. The number of anilines is 1. The van der Waals surface area contributed by atoms with Gasteiger partial charge in [0.15, 0.2) is 0 Å². The van der Waals surface area contributed by atoms with Gasteiger partial charge in [-0.1, -0.05) is 29.8 Å². The first-order valence-electron chi connectivity index (χ1n) is 7.49. The van der Waals surface area contributed by atoms with Crippen LogP contribution in [0.3, 0.4) is 0 Å². The van der Waals surface area contributed by atoms with Gasteiger partial charge >= 0.3 is 5.97 Å². The van der Waals surface area contributed by atoms with Crippen LogP contribution >= 0.6 is 11.6 Å². The fourth-order valence-electron chi connectivity index (χ4n) is 2.66. The van der Waals surface area contributed by atoms with Crippen LogP contribution in [0.15, 0.2) is 48.5 Å². The molecular weight excluding hydrogens is 330 g/mol. The predicted molar refractivity (Wildman–Crippen MR) is 90.5 cm³/mol. The van der Waals surface area contributed by atoms with E-state index in [1.165, 1.54) is 12.0 Å². The van der Waals surface area contributed by atoms with Crippen LogP contribution in [0.5, 0.6) is 11.5 Å². The Bertz CT molecular complexity index is 763. The number of rotatable bonds is 4. The lowest BCUT2D eigenvalue weighted by Crippen LogP contribution is -2.27. The SMILES string of the molecule is COc1ccc(Cl)cc1N1C[C@@H](C(=O)Oc2ccccc2)CC1=O. The maximum absolute atomic E-state index is 12.3. The van der Waals surface area contributed by atoms with Crippen molar-refractivity contribution in [1.29, 1.82) is 0 Å². The first-order valence-corrected chi connectivity index (χ1v) is 7.87. The van der Waals surface area contributed by atoms with Crippen LogP contribution in [-0.2, 0) is 9.59 Å². The summed E-state index contributed by atoms with van der Waals surface area (Å²) in [6.07, 6.45) is 0.0985. The maximum atomic E-state index is 12.3. The highest BCUT2D eigenvalue weighted by atomic mass is 35.5. The van der Waals surface area contributed by atoms with E-state index in [1.807, 2.05) is 6.07 Å². The van der Waals surface area contributed by atoms with E-state index in [4.69, 9.17) is 21.1 Å². The van der Waals surface area contributed by atoms with E-state index in [-0.39, 0.29) is 18.9 Å². The van der Waals surface area contributed by atoms with E-state index >= 15 is 0 Å². The highest BCUT2D eigenvalue weighted by Crippen LogP contribution is 2.35. The quantitative estimate of drug-likeness (QED) is 0.630. The number of ether oxygens (including phenoxy) is 2. The molecule has 124 valence electrons. The lowest BCUT2D eigenvalue weighted by molar-refractivity contribution is -0.139. The second-order valence-electron chi connectivity index (χ2n) is 5.46. The molecule has 1 aliphatic heterocycles. The summed E-state index contributed by atoms with van der Waals surface area (Å²) in [4.78, 5) is 26.2. The molecule has 0 saturated carbocycles. The van der Waals surface area contributed by atoms with Crippen LogP contribution in [-0.4, -0.2) is 25.5 Å². The lowest BCUT2D eigenvalue weighted by Gasteiger charge is -2.19. The highest BCUT2D eigenvalue weighted by molar-refractivity contribution is 6.31. The number of carbonyl (C=O) groups excluding carboxylic acids is 2. The first-order chi connectivity index (χ1) is 11.6. The van der Waals surface area contributed by atoms with Crippen molar-refractivity contribution in [3.63, 3.8) is 0 Å². The van der Waals surface area contributed by atoms with Gasteiger partial charge in [0.2, 0.25) is 5.91 Å². The summed E-state index contributed by atoms with van der Waals surface area (Å²) in [5.41, 5.74) is 0.560. The topological polar surface area (TPSA) is 55.8 Å². The first kappa shape index (κ1) is 16.3. The van der Waals surface area contributed by atoms with Gasteiger partial charge < -0.3 is 14.4 Å². The zero-order chi connectivity index (χ0) is 17.1. The fourth-order valence-corrected chi connectivity index (χ4v) is 2.83. The average molecular weight is 346 g/mol. The van der Waals surface area contributed by atoms with Crippen molar-refractivity contribution in [2.75, 3.05) is 18.6 Å². The van der Waals surface area contributed by atoms with Gasteiger partial charge in [0.1, 0.15) is 11.5 Å². The highest BCUT2D eigenvalue weighted by Gasteiger charge is 2.37. The standard InChI is InChI=1S/C18H16ClNO4/c1-23-16-8-7-13(19)10-15(16)20-11-12(9-17(20)21)18(22)24-14-5-3-2-4-6-14/h2-8,10,12H,9,11H2,1H3/t12-/m0/s1. The monoisotopic (exact) mass is 345 g/mol. The van der Waals surface area contributed by atoms with Gasteiger partial charge in [-0.25, -0.2) is 0 Å². The molecule has 1 amide bonds. The van der Waals surface area contributed by atoms with Crippen LogP contribution < -0.4 is 14.4 Å². The van der Waals surface area contributed by atoms with E-state index in [1.54, 1.807) is 42.5 Å². The Hall–Kier alpha value is -2.53. The number of nitrogens with zero attached hydrogens (tertiary/aromatic N) is 1. The molecule has 1 atom stereocenters. The number of halogens is 1. The summed E-state index contributed by atoms with van der Waals surface area (Å²) in [5, 5.41) is 0.494. The predicted octanol–water partition coefficient (Wildman–Crippen LogP) is 3.31. The summed E-state index contributed by atoms with van der Waals surface area (Å²) >= 11 is 6.02. The molecule has 1 fully saturated rings. The number of benzene rings is 2. The second kappa shape index (κ2) is 6.93. The molecule has 5 nitrogen and oxygen atoms in total. The van der Waals surface area contributed by atoms with E-state index in [2.05, 4.69) is 0 Å². The van der Waals surface area contributed by atoms with Crippen molar-refractivity contribution in [1.82, 2.24) is 0 Å². The molecule has 2 aromatic rings. The molecule has 0 radical (unpaired) electrons. The van der Waals surface area contributed by atoms with Crippen molar-refractivity contribution in [2.45, 2.75) is 6.42 Å². The van der Waals surface area contributed by atoms with E-state index < -0.39 is 11.9 Å². The van der Waals surface area contributed by atoms with E-state index in [9.17, 15) is 9.59 Å². The van der Waals surface area contributed by atoms with Crippen LogP contribution in [0.2, 0.25) is 5.02 Å². The Morgan fingerprint density at radius 2 is 1.96 bits per heavy atom. The van der Waals surface area contributed by atoms with Gasteiger partial charge in [-0.05, 0) is 30.3 Å². The number of esters is 1. The van der Waals surface area contributed by atoms with Gasteiger partial charge in [0, 0.05) is 18.0 Å². The third-order valence-electron chi connectivity index (χ3n) is 3.85. The Kier molecular flexibility index (Phi) is 4.71. The van der Waals surface area contributed by atoms with Crippen molar-refractivity contribution in [3.05, 3.63) is 53.6 Å². The number of hydrogen-bond donors (Lipinski definition) is 0. The molecule has 2 aromatic carbocycles. The number of carbonyl (C=O) groups is 2. The molecule has 1 heterocycles. The molecular formula is C18H16ClNO4. The Morgan fingerprint density at radius 1 is 1.21 bits per heavy atom. The van der Waals surface area contributed by atoms with Crippen molar-refractivity contribution < 1.29 is 19.1 Å². The molecule has 0 spiro atoms. The average Bonchev–Trinajstić information content (AvgIpc) is 2.97. The molecule has 24 heavy (non-hydrogen) atoms. The molecule has 3 rings (SSSR count). The minimum atomic E-state index is -0.526. The summed E-state index contributed by atoms with van der Waals surface area (Å²) in [6, 6.07) is 13.8. The number of amides is 1. The molecule has 0 aromatic heterocycles. The smallest absolute Gasteiger partial charge is 0.316 e. The zero-order valence-electron chi connectivity index (χ0n) is 13.1. The van der Waals surface area contributed by atoms with Crippen molar-refractivity contribution >= 4 is 29.2 Å². The molecule has 1 aliphatic rings. The Labute approximate surface area is 144 Å². The van der Waals surface area contributed by atoms with Gasteiger partial charge in [0.25, 0.3) is 0 Å². The maximum Gasteiger partial charge on any atom is 0.316 e. The third-order valence-corrected chi connectivity index (χ3v) is 4.09. The number of hydrogen-bond acceptors (Lipinski definition) is 4. The van der Waals surface area contributed by atoms with Crippen molar-refractivity contribution in [3.8, 4) is 11.5 Å². The second-order valence-corrected chi connectivity index (χ2v) is 5.89. The molecule has 6 heteroatoms. The summed E-state index contributed by atoms with van der Waals surface area (Å²) in [5.74, 6) is -0.108. The van der Waals surface area contributed by atoms with Gasteiger partial charge in [-0.15, -0.1) is 0 Å². The summed E-state index contributed by atoms with van der Waals surface area (Å²) < 4.78 is 10.6. The van der Waals surface area contributed by atoms with Gasteiger partial charge in [-0.3, -0.25) is 9.59 Å². The van der Waals surface area contributed by atoms with E-state index in [0.717, 1.165) is 0 Å². The minimum Gasteiger partial charge on any atom is -0.495 e. The molecule has 0 bridgehead atoms. The van der Waals surface area contributed by atoms with Crippen LogP contribution in [0.1, 0.15) is 6.42 Å². The molecule has 0 N–H and O–H groups in total. The van der Waals surface area contributed by atoms with Crippen LogP contribution in [0, 0.1) is 5.92 Å². The Balaban J connectivity index is 1.76. The van der Waals surface area contributed by atoms with E-state index in [0.29, 0.717) is 22.2 Å². The lowest BCUT2D eigenvalue weighted by atomic mass is 10.1. The minimum absolute atomic E-state index is 0.0985. The zero-order valence-corrected chi connectivity index (χ0v) is 13.8. The normalized spacial score (nSPS) is 17.0. The molecule has 0 unspecified atom stereocenters. The third kappa shape index (κ3) is 3.36. The largest absolute Gasteiger partial charge is 0.495 e. The van der Waals surface area contributed by atoms with Gasteiger partial charge in [0.05, 0.1) is 18.7 Å². The Morgan fingerprint density at radius 3 is 2.67 bits per heavy atom. The molecule has 0 aliphatic carbocycles. The summed E-state index contributed by atoms with van der Waals surface area (Å²) in [7, 11) is 1.52. The van der Waals surface area contributed by atoms with Gasteiger partial charge in [-0.2, -0.15) is 0 Å².